The number of carbonyl (C=O) groups excluding carboxylic acids is 1. The summed E-state index contributed by atoms with van der Waals surface area (Å²) in [6.07, 6.45) is 5.53. The first-order valence-corrected chi connectivity index (χ1v) is 6.12. The van der Waals surface area contributed by atoms with Crippen molar-refractivity contribution in [3.63, 3.8) is 0 Å². The van der Waals surface area contributed by atoms with Gasteiger partial charge < -0.3 is 10.0 Å². The van der Waals surface area contributed by atoms with Crippen LogP contribution in [0.2, 0.25) is 0 Å². The van der Waals surface area contributed by atoms with Gasteiger partial charge in [-0.2, -0.15) is 0 Å². The van der Waals surface area contributed by atoms with Gasteiger partial charge in [-0.05, 0) is 19.3 Å². The van der Waals surface area contributed by atoms with Gasteiger partial charge >= 0.3 is 0 Å². The zero-order chi connectivity index (χ0) is 10.9. The summed E-state index contributed by atoms with van der Waals surface area (Å²) >= 11 is 0. The molecule has 1 saturated carbocycles. The van der Waals surface area contributed by atoms with E-state index in [-0.39, 0.29) is 12.0 Å². The summed E-state index contributed by atoms with van der Waals surface area (Å²) in [6.45, 7) is 3.91. The highest BCUT2D eigenvalue weighted by atomic mass is 16.3. The molecule has 0 unspecified atom stereocenters. The van der Waals surface area contributed by atoms with Crippen LogP contribution in [0.5, 0.6) is 0 Å². The fourth-order valence-corrected chi connectivity index (χ4v) is 2.96. The van der Waals surface area contributed by atoms with Crippen LogP contribution in [0.15, 0.2) is 0 Å². The summed E-state index contributed by atoms with van der Waals surface area (Å²) in [6, 6.07) is 0. The van der Waals surface area contributed by atoms with E-state index in [9.17, 15) is 4.79 Å². The third-order valence-electron chi connectivity index (χ3n) is 4.19. The van der Waals surface area contributed by atoms with Gasteiger partial charge in [0.2, 0.25) is 5.91 Å². The Hall–Kier alpha value is -0.570. The maximum absolute atomic E-state index is 12.3. The van der Waals surface area contributed by atoms with E-state index in [4.69, 9.17) is 5.11 Å². The van der Waals surface area contributed by atoms with Gasteiger partial charge in [0.25, 0.3) is 0 Å². The summed E-state index contributed by atoms with van der Waals surface area (Å²) < 4.78 is 0. The van der Waals surface area contributed by atoms with Gasteiger partial charge in [0, 0.05) is 31.0 Å². The molecule has 1 N–H and O–H groups in total. The first kappa shape index (κ1) is 10.9. The molecule has 1 saturated heterocycles. The van der Waals surface area contributed by atoms with E-state index in [2.05, 4.69) is 6.92 Å². The van der Waals surface area contributed by atoms with Gasteiger partial charge in [0.15, 0.2) is 0 Å². The molecular weight excluding hydrogens is 190 g/mol. The topological polar surface area (TPSA) is 40.5 Å². The lowest BCUT2D eigenvalue weighted by Crippen LogP contribution is -2.55. The maximum Gasteiger partial charge on any atom is 0.228 e. The van der Waals surface area contributed by atoms with Gasteiger partial charge in [-0.15, -0.1) is 0 Å². The normalized spacial score (nSPS) is 25.3. The van der Waals surface area contributed by atoms with Gasteiger partial charge in [-0.1, -0.05) is 19.8 Å². The van der Waals surface area contributed by atoms with E-state index in [0.717, 1.165) is 32.4 Å². The second-order valence-electron chi connectivity index (χ2n) is 5.10. The van der Waals surface area contributed by atoms with E-state index < -0.39 is 0 Å². The average Bonchev–Trinajstić information content (AvgIpc) is 2.65. The third-order valence-corrected chi connectivity index (χ3v) is 4.19. The van der Waals surface area contributed by atoms with E-state index in [1.165, 1.54) is 12.8 Å². The SMILES string of the molecule is CCC1(C(=O)N2CC(CO)C2)CCCC1. The van der Waals surface area contributed by atoms with Crippen molar-refractivity contribution in [2.75, 3.05) is 19.7 Å². The zero-order valence-corrected chi connectivity index (χ0v) is 9.54. The van der Waals surface area contributed by atoms with Crippen LogP contribution < -0.4 is 0 Å². The Morgan fingerprint density at radius 2 is 2.00 bits per heavy atom. The van der Waals surface area contributed by atoms with Crippen LogP contribution in [0, 0.1) is 11.3 Å². The molecule has 1 heterocycles. The number of hydrogen-bond acceptors (Lipinski definition) is 2. The first-order chi connectivity index (χ1) is 7.22. The lowest BCUT2D eigenvalue weighted by molar-refractivity contribution is -0.149. The molecule has 86 valence electrons. The molecule has 2 fully saturated rings. The highest BCUT2D eigenvalue weighted by molar-refractivity contribution is 5.83. The second kappa shape index (κ2) is 4.12. The smallest absolute Gasteiger partial charge is 0.228 e. The monoisotopic (exact) mass is 211 g/mol. The molecule has 0 aromatic rings. The molecule has 0 bridgehead atoms. The first-order valence-electron chi connectivity index (χ1n) is 6.12. The van der Waals surface area contributed by atoms with Crippen molar-refractivity contribution >= 4 is 5.91 Å². The summed E-state index contributed by atoms with van der Waals surface area (Å²) in [5.74, 6) is 0.691. The fourth-order valence-electron chi connectivity index (χ4n) is 2.96. The largest absolute Gasteiger partial charge is 0.396 e. The number of carbonyl (C=O) groups is 1. The van der Waals surface area contributed by atoms with Crippen LogP contribution in [0.4, 0.5) is 0 Å². The van der Waals surface area contributed by atoms with Crippen molar-refractivity contribution in [1.29, 1.82) is 0 Å². The van der Waals surface area contributed by atoms with Crippen LogP contribution in [-0.2, 0) is 4.79 Å². The minimum Gasteiger partial charge on any atom is -0.396 e. The third kappa shape index (κ3) is 1.78. The van der Waals surface area contributed by atoms with Crippen LogP contribution >= 0.6 is 0 Å². The minimum atomic E-state index is -0.0412. The summed E-state index contributed by atoms with van der Waals surface area (Å²) in [5, 5.41) is 8.93. The Labute approximate surface area is 91.5 Å². The molecule has 0 spiro atoms. The average molecular weight is 211 g/mol. The lowest BCUT2D eigenvalue weighted by atomic mass is 9.80. The number of hydrogen-bond donors (Lipinski definition) is 1. The van der Waals surface area contributed by atoms with Gasteiger partial charge in [-0.3, -0.25) is 4.79 Å². The fraction of sp³-hybridized carbons (Fsp3) is 0.917. The molecule has 15 heavy (non-hydrogen) atoms. The molecule has 2 aliphatic rings. The van der Waals surface area contributed by atoms with Gasteiger partial charge in [-0.25, -0.2) is 0 Å². The summed E-state index contributed by atoms with van der Waals surface area (Å²) in [7, 11) is 0. The van der Waals surface area contributed by atoms with E-state index in [1.54, 1.807) is 0 Å². The Kier molecular flexibility index (Phi) is 3.01. The standard InChI is InChI=1S/C12H21NO2/c1-2-12(5-3-4-6-12)11(15)13-7-10(8-13)9-14/h10,14H,2-9H2,1H3. The maximum atomic E-state index is 12.3. The lowest BCUT2D eigenvalue weighted by Gasteiger charge is -2.43. The number of aliphatic hydroxyl groups is 1. The summed E-state index contributed by atoms with van der Waals surface area (Å²) in [4.78, 5) is 14.2. The van der Waals surface area contributed by atoms with Crippen LogP contribution in [0.3, 0.4) is 0 Å². The van der Waals surface area contributed by atoms with Gasteiger partial charge in [0.05, 0.1) is 0 Å². The van der Waals surface area contributed by atoms with Crippen molar-refractivity contribution in [2.45, 2.75) is 39.0 Å². The Balaban J connectivity index is 1.95. The van der Waals surface area contributed by atoms with Crippen molar-refractivity contribution in [1.82, 2.24) is 4.90 Å². The van der Waals surface area contributed by atoms with E-state index in [1.807, 2.05) is 4.90 Å². The zero-order valence-electron chi connectivity index (χ0n) is 9.54. The molecule has 1 aliphatic heterocycles. The molecule has 0 radical (unpaired) electrons. The minimum absolute atomic E-state index is 0.0412. The molecule has 3 heteroatoms. The molecule has 1 aliphatic carbocycles. The Bertz CT molecular complexity index is 240. The number of rotatable bonds is 3. The number of amides is 1. The number of likely N-dealkylation sites (tertiary alicyclic amines) is 1. The Morgan fingerprint density at radius 3 is 2.47 bits per heavy atom. The molecule has 0 aromatic heterocycles. The molecule has 3 nitrogen and oxygen atoms in total. The number of nitrogens with zero attached hydrogens (tertiary/aromatic N) is 1. The second-order valence-corrected chi connectivity index (χ2v) is 5.10. The molecular formula is C12H21NO2. The number of aliphatic hydroxyl groups excluding tert-OH is 1. The molecule has 2 rings (SSSR count). The Morgan fingerprint density at radius 1 is 1.40 bits per heavy atom. The van der Waals surface area contributed by atoms with E-state index >= 15 is 0 Å². The van der Waals surface area contributed by atoms with Crippen molar-refractivity contribution in [3.05, 3.63) is 0 Å². The van der Waals surface area contributed by atoms with E-state index in [0.29, 0.717) is 11.8 Å². The van der Waals surface area contributed by atoms with Crippen molar-refractivity contribution < 1.29 is 9.90 Å². The predicted molar refractivity (Wildman–Crippen MR) is 58.3 cm³/mol. The van der Waals surface area contributed by atoms with Crippen LogP contribution in [0.25, 0.3) is 0 Å². The quantitative estimate of drug-likeness (QED) is 0.766. The van der Waals surface area contributed by atoms with Crippen molar-refractivity contribution in [2.24, 2.45) is 11.3 Å². The summed E-state index contributed by atoms with van der Waals surface area (Å²) in [5.41, 5.74) is -0.0412. The highest BCUT2D eigenvalue weighted by Crippen LogP contribution is 2.43. The molecule has 0 aromatic carbocycles. The molecule has 1 amide bonds. The van der Waals surface area contributed by atoms with Crippen molar-refractivity contribution in [3.8, 4) is 0 Å². The predicted octanol–water partition coefficient (Wildman–Crippen LogP) is 1.41. The van der Waals surface area contributed by atoms with Gasteiger partial charge in [0.1, 0.15) is 0 Å². The van der Waals surface area contributed by atoms with Crippen LogP contribution in [-0.4, -0.2) is 35.6 Å². The molecule has 0 atom stereocenters. The highest BCUT2D eigenvalue weighted by Gasteiger charge is 2.44. The van der Waals surface area contributed by atoms with Crippen LogP contribution in [0.1, 0.15) is 39.0 Å².